The normalized spacial score (nSPS) is 16.4. The number of anilines is 1. The van der Waals surface area contributed by atoms with Crippen LogP contribution in [0.15, 0.2) is 36.4 Å². The van der Waals surface area contributed by atoms with Gasteiger partial charge in [-0.1, -0.05) is 30.3 Å². The second kappa shape index (κ2) is 5.74. The lowest BCUT2D eigenvalue weighted by atomic mass is 10.0. The molecule has 1 amide bonds. The highest BCUT2D eigenvalue weighted by molar-refractivity contribution is 5.97. The van der Waals surface area contributed by atoms with Crippen molar-refractivity contribution in [3.05, 3.63) is 42.0 Å². The summed E-state index contributed by atoms with van der Waals surface area (Å²) in [7, 11) is 1.88. The van der Waals surface area contributed by atoms with Crippen LogP contribution in [0.3, 0.4) is 0 Å². The Kier molecular flexibility index (Phi) is 3.80. The number of likely N-dealkylation sites (N-methyl/N-ethyl adjacent to an activating group) is 1. The van der Waals surface area contributed by atoms with Crippen LogP contribution in [0.25, 0.3) is 10.8 Å². The summed E-state index contributed by atoms with van der Waals surface area (Å²) in [4.78, 5) is 16.1. The molecule has 1 aliphatic heterocycles. The number of amides is 1. The van der Waals surface area contributed by atoms with E-state index in [2.05, 4.69) is 29.2 Å². The maximum absolute atomic E-state index is 12.1. The van der Waals surface area contributed by atoms with Crippen LogP contribution in [0, 0.1) is 0 Å². The molecule has 1 aliphatic rings. The minimum absolute atomic E-state index is 0.180. The molecule has 0 saturated carbocycles. The topological polar surface area (TPSA) is 49.6 Å². The molecule has 2 aromatic rings. The second-order valence-electron chi connectivity index (χ2n) is 5.58. The van der Waals surface area contributed by atoms with E-state index < -0.39 is 0 Å². The zero-order valence-electron chi connectivity index (χ0n) is 12.4. The van der Waals surface area contributed by atoms with E-state index in [1.165, 1.54) is 10.8 Å². The Hall–Kier alpha value is -2.07. The van der Waals surface area contributed by atoms with Gasteiger partial charge in [0, 0.05) is 37.8 Å². The SMILES string of the molecule is CN1CCCN(c2ccc(CN)c3ccccc23)CC1=O. The molecular formula is C17H21N3O. The first-order valence-corrected chi connectivity index (χ1v) is 7.40. The summed E-state index contributed by atoms with van der Waals surface area (Å²) in [6.07, 6.45) is 0.995. The van der Waals surface area contributed by atoms with Gasteiger partial charge in [-0.2, -0.15) is 0 Å². The van der Waals surface area contributed by atoms with Crippen molar-refractivity contribution in [3.8, 4) is 0 Å². The number of rotatable bonds is 2. The summed E-state index contributed by atoms with van der Waals surface area (Å²) >= 11 is 0. The molecule has 0 aromatic heterocycles. The zero-order valence-corrected chi connectivity index (χ0v) is 12.4. The van der Waals surface area contributed by atoms with E-state index in [0.717, 1.165) is 30.8 Å². The third kappa shape index (κ3) is 2.59. The van der Waals surface area contributed by atoms with Crippen LogP contribution in [0.5, 0.6) is 0 Å². The van der Waals surface area contributed by atoms with Crippen molar-refractivity contribution in [2.75, 3.05) is 31.6 Å². The van der Waals surface area contributed by atoms with Crippen molar-refractivity contribution in [3.63, 3.8) is 0 Å². The van der Waals surface area contributed by atoms with Gasteiger partial charge in [-0.15, -0.1) is 0 Å². The molecule has 2 aromatic carbocycles. The highest BCUT2D eigenvalue weighted by atomic mass is 16.2. The molecule has 110 valence electrons. The Morgan fingerprint density at radius 3 is 2.62 bits per heavy atom. The summed E-state index contributed by atoms with van der Waals surface area (Å²) in [5.41, 5.74) is 8.11. The summed E-state index contributed by atoms with van der Waals surface area (Å²) in [5.74, 6) is 0.180. The number of nitrogens with zero attached hydrogens (tertiary/aromatic N) is 2. The van der Waals surface area contributed by atoms with Crippen LogP contribution in [0.4, 0.5) is 5.69 Å². The maximum atomic E-state index is 12.1. The molecule has 0 radical (unpaired) electrons. The molecule has 2 N–H and O–H groups in total. The third-order valence-electron chi connectivity index (χ3n) is 4.23. The van der Waals surface area contributed by atoms with E-state index in [1.54, 1.807) is 0 Å². The fourth-order valence-corrected chi connectivity index (χ4v) is 2.99. The van der Waals surface area contributed by atoms with Gasteiger partial charge in [-0.25, -0.2) is 0 Å². The molecule has 4 heteroatoms. The van der Waals surface area contributed by atoms with E-state index in [0.29, 0.717) is 13.1 Å². The van der Waals surface area contributed by atoms with E-state index in [-0.39, 0.29) is 5.91 Å². The quantitative estimate of drug-likeness (QED) is 0.916. The zero-order chi connectivity index (χ0) is 14.8. The lowest BCUT2D eigenvalue weighted by molar-refractivity contribution is -0.127. The predicted molar refractivity (Wildman–Crippen MR) is 86.3 cm³/mol. The lowest BCUT2D eigenvalue weighted by Gasteiger charge is -2.24. The number of benzene rings is 2. The van der Waals surface area contributed by atoms with Crippen molar-refractivity contribution in [1.82, 2.24) is 4.90 Å². The molecule has 0 bridgehead atoms. The molecule has 1 fully saturated rings. The fraction of sp³-hybridized carbons (Fsp3) is 0.353. The van der Waals surface area contributed by atoms with Gasteiger partial charge < -0.3 is 15.5 Å². The average molecular weight is 283 g/mol. The molecular weight excluding hydrogens is 262 g/mol. The standard InChI is InChI=1S/C17H21N3O/c1-19-9-4-10-20(12-17(19)21)16-8-7-13(11-18)14-5-2-3-6-15(14)16/h2-3,5-8H,4,9-12,18H2,1H3. The first kappa shape index (κ1) is 13.9. The molecule has 1 heterocycles. The van der Waals surface area contributed by atoms with Crippen molar-refractivity contribution >= 4 is 22.4 Å². The van der Waals surface area contributed by atoms with Crippen LogP contribution < -0.4 is 10.6 Å². The molecule has 1 saturated heterocycles. The Bertz CT molecular complexity index is 668. The van der Waals surface area contributed by atoms with Crippen LogP contribution in [0.1, 0.15) is 12.0 Å². The highest BCUT2D eigenvalue weighted by Gasteiger charge is 2.20. The van der Waals surface area contributed by atoms with Gasteiger partial charge in [0.25, 0.3) is 0 Å². The van der Waals surface area contributed by atoms with Crippen LogP contribution in [0.2, 0.25) is 0 Å². The molecule has 4 nitrogen and oxygen atoms in total. The smallest absolute Gasteiger partial charge is 0.241 e. The number of hydrogen-bond donors (Lipinski definition) is 1. The van der Waals surface area contributed by atoms with Gasteiger partial charge in [-0.05, 0) is 23.4 Å². The van der Waals surface area contributed by atoms with Crippen LogP contribution >= 0.6 is 0 Å². The number of carbonyl (C=O) groups is 1. The summed E-state index contributed by atoms with van der Waals surface area (Å²) in [6.45, 7) is 2.71. The minimum Gasteiger partial charge on any atom is -0.362 e. The van der Waals surface area contributed by atoms with Crippen molar-refractivity contribution < 1.29 is 4.79 Å². The Balaban J connectivity index is 2.06. The first-order chi connectivity index (χ1) is 10.2. The number of fused-ring (bicyclic) bond motifs is 1. The van der Waals surface area contributed by atoms with Gasteiger partial charge in [0.2, 0.25) is 5.91 Å². The summed E-state index contributed by atoms with van der Waals surface area (Å²) in [5, 5.41) is 2.36. The molecule has 0 atom stereocenters. The maximum Gasteiger partial charge on any atom is 0.241 e. The van der Waals surface area contributed by atoms with Crippen LogP contribution in [-0.2, 0) is 11.3 Å². The molecule has 0 spiro atoms. The van der Waals surface area contributed by atoms with E-state index in [9.17, 15) is 4.79 Å². The minimum atomic E-state index is 0.180. The third-order valence-corrected chi connectivity index (χ3v) is 4.23. The average Bonchev–Trinajstić information content (AvgIpc) is 2.68. The second-order valence-corrected chi connectivity index (χ2v) is 5.58. The van der Waals surface area contributed by atoms with Gasteiger partial charge in [-0.3, -0.25) is 4.79 Å². The largest absolute Gasteiger partial charge is 0.362 e. The molecule has 21 heavy (non-hydrogen) atoms. The summed E-state index contributed by atoms with van der Waals surface area (Å²) < 4.78 is 0. The van der Waals surface area contributed by atoms with Gasteiger partial charge in [0.05, 0.1) is 6.54 Å². The van der Waals surface area contributed by atoms with E-state index in [1.807, 2.05) is 24.1 Å². The number of carbonyl (C=O) groups excluding carboxylic acids is 1. The Morgan fingerprint density at radius 1 is 1.10 bits per heavy atom. The van der Waals surface area contributed by atoms with E-state index >= 15 is 0 Å². The number of hydrogen-bond acceptors (Lipinski definition) is 3. The Labute approximate surface area is 125 Å². The lowest BCUT2D eigenvalue weighted by Crippen LogP contribution is -2.34. The Morgan fingerprint density at radius 2 is 1.86 bits per heavy atom. The van der Waals surface area contributed by atoms with Crippen molar-refractivity contribution in [1.29, 1.82) is 0 Å². The molecule has 0 aliphatic carbocycles. The molecule has 3 rings (SSSR count). The highest BCUT2D eigenvalue weighted by Crippen LogP contribution is 2.30. The monoisotopic (exact) mass is 283 g/mol. The summed E-state index contributed by atoms with van der Waals surface area (Å²) in [6, 6.07) is 12.5. The van der Waals surface area contributed by atoms with E-state index in [4.69, 9.17) is 5.73 Å². The first-order valence-electron chi connectivity index (χ1n) is 7.40. The van der Waals surface area contributed by atoms with Crippen LogP contribution in [-0.4, -0.2) is 37.5 Å². The number of nitrogens with two attached hydrogens (primary N) is 1. The fourth-order valence-electron chi connectivity index (χ4n) is 2.99. The van der Waals surface area contributed by atoms with Crippen molar-refractivity contribution in [2.45, 2.75) is 13.0 Å². The predicted octanol–water partition coefficient (Wildman–Crippen LogP) is 1.97. The van der Waals surface area contributed by atoms with Gasteiger partial charge in [0.15, 0.2) is 0 Å². The van der Waals surface area contributed by atoms with Gasteiger partial charge >= 0.3 is 0 Å². The van der Waals surface area contributed by atoms with Gasteiger partial charge in [0.1, 0.15) is 0 Å². The molecule has 0 unspecified atom stereocenters. The van der Waals surface area contributed by atoms with Crippen molar-refractivity contribution in [2.24, 2.45) is 5.73 Å².